The zero-order chi connectivity index (χ0) is 16.2. The molecule has 1 saturated heterocycles. The maximum atomic E-state index is 12.9. The summed E-state index contributed by atoms with van der Waals surface area (Å²) >= 11 is 0. The fourth-order valence-corrected chi connectivity index (χ4v) is 4.23. The second-order valence-corrected chi connectivity index (χ2v) is 7.00. The Balaban J connectivity index is 0.00000156. The van der Waals surface area contributed by atoms with Crippen LogP contribution in [0, 0.1) is 0 Å². The van der Waals surface area contributed by atoms with Gasteiger partial charge in [-0.05, 0) is 44.3 Å². The van der Waals surface area contributed by atoms with Gasteiger partial charge in [-0.25, -0.2) is 0 Å². The van der Waals surface area contributed by atoms with Crippen molar-refractivity contribution in [1.82, 2.24) is 9.80 Å². The summed E-state index contributed by atoms with van der Waals surface area (Å²) in [4.78, 5) is 17.4. The summed E-state index contributed by atoms with van der Waals surface area (Å²) < 4.78 is 0. The second-order valence-electron chi connectivity index (χ2n) is 7.00. The number of nitrogens with two attached hydrogens (primary N) is 1. The molecule has 0 radical (unpaired) electrons. The molecule has 1 aromatic carbocycles. The SMILES string of the molecule is CN(C(=O)[C@@H](N)c1ccccc1)[C@@H]1CCCC[C@H]1N1CCCC1.Cl.Cl. The molecule has 0 unspecified atom stereocenters. The van der Waals surface area contributed by atoms with Crippen LogP contribution in [0.4, 0.5) is 0 Å². The molecule has 2 aliphatic rings. The molecule has 142 valence electrons. The van der Waals surface area contributed by atoms with Crippen molar-refractivity contribution in [2.45, 2.75) is 56.7 Å². The number of hydrogen-bond donors (Lipinski definition) is 1. The number of rotatable bonds is 4. The van der Waals surface area contributed by atoms with Crippen LogP contribution in [0.15, 0.2) is 30.3 Å². The molecule has 2 fully saturated rings. The molecule has 2 N–H and O–H groups in total. The summed E-state index contributed by atoms with van der Waals surface area (Å²) in [6.07, 6.45) is 7.40. The van der Waals surface area contributed by atoms with Gasteiger partial charge in [-0.3, -0.25) is 9.69 Å². The first-order valence-corrected chi connectivity index (χ1v) is 8.99. The number of carbonyl (C=O) groups is 1. The summed E-state index contributed by atoms with van der Waals surface area (Å²) in [5, 5.41) is 0. The van der Waals surface area contributed by atoms with Gasteiger partial charge in [-0.2, -0.15) is 0 Å². The third-order valence-electron chi connectivity index (χ3n) is 5.57. The lowest BCUT2D eigenvalue weighted by molar-refractivity contribution is -0.135. The predicted molar refractivity (Wildman–Crippen MR) is 107 cm³/mol. The molecule has 4 nitrogen and oxygen atoms in total. The van der Waals surface area contributed by atoms with Gasteiger partial charge in [0.2, 0.25) is 5.91 Å². The Bertz CT molecular complexity index is 523. The normalized spacial score (nSPS) is 24.7. The van der Waals surface area contributed by atoms with E-state index in [1.165, 1.54) is 45.2 Å². The van der Waals surface area contributed by atoms with Crippen molar-refractivity contribution in [1.29, 1.82) is 0 Å². The van der Waals surface area contributed by atoms with Crippen molar-refractivity contribution < 1.29 is 4.79 Å². The van der Waals surface area contributed by atoms with E-state index in [0.717, 1.165) is 12.0 Å². The maximum Gasteiger partial charge on any atom is 0.244 e. The topological polar surface area (TPSA) is 49.6 Å². The predicted octanol–water partition coefficient (Wildman–Crippen LogP) is 3.40. The van der Waals surface area contributed by atoms with Gasteiger partial charge in [0.05, 0.1) is 0 Å². The van der Waals surface area contributed by atoms with Crippen LogP contribution >= 0.6 is 24.8 Å². The van der Waals surface area contributed by atoms with Crippen molar-refractivity contribution in [3.8, 4) is 0 Å². The Morgan fingerprint density at radius 3 is 2.32 bits per heavy atom. The lowest BCUT2D eigenvalue weighted by Crippen LogP contribution is -2.54. The molecule has 1 heterocycles. The van der Waals surface area contributed by atoms with Crippen molar-refractivity contribution in [2.24, 2.45) is 5.73 Å². The van der Waals surface area contributed by atoms with E-state index in [9.17, 15) is 4.79 Å². The average Bonchev–Trinajstić information content (AvgIpc) is 3.15. The molecule has 0 bridgehead atoms. The quantitative estimate of drug-likeness (QED) is 0.860. The zero-order valence-electron chi connectivity index (χ0n) is 15.0. The van der Waals surface area contributed by atoms with Crippen LogP contribution in [0.2, 0.25) is 0 Å². The third-order valence-corrected chi connectivity index (χ3v) is 5.57. The second kappa shape index (κ2) is 10.4. The van der Waals surface area contributed by atoms with E-state index >= 15 is 0 Å². The highest BCUT2D eigenvalue weighted by atomic mass is 35.5. The molecule has 1 aliphatic carbocycles. The lowest BCUT2D eigenvalue weighted by atomic mass is 9.88. The first kappa shape index (κ1) is 22.2. The number of likely N-dealkylation sites (tertiary alicyclic amines) is 1. The first-order chi connectivity index (χ1) is 11.2. The van der Waals surface area contributed by atoms with Crippen LogP contribution < -0.4 is 5.73 Å². The molecule has 1 amide bonds. The minimum absolute atomic E-state index is 0. The largest absolute Gasteiger partial charge is 0.340 e. The van der Waals surface area contributed by atoms with Gasteiger partial charge < -0.3 is 10.6 Å². The van der Waals surface area contributed by atoms with E-state index in [1.54, 1.807) is 0 Å². The van der Waals surface area contributed by atoms with Gasteiger partial charge in [0.25, 0.3) is 0 Å². The number of nitrogens with zero attached hydrogens (tertiary/aromatic N) is 2. The van der Waals surface area contributed by atoms with Crippen LogP contribution in [0.25, 0.3) is 0 Å². The van der Waals surface area contributed by atoms with Crippen molar-refractivity contribution in [3.05, 3.63) is 35.9 Å². The van der Waals surface area contributed by atoms with Gasteiger partial charge in [0.15, 0.2) is 0 Å². The molecule has 25 heavy (non-hydrogen) atoms. The van der Waals surface area contributed by atoms with Crippen molar-refractivity contribution in [3.63, 3.8) is 0 Å². The minimum atomic E-state index is -0.553. The highest BCUT2D eigenvalue weighted by Gasteiger charge is 2.36. The van der Waals surface area contributed by atoms with Crippen LogP contribution in [0.5, 0.6) is 0 Å². The number of likely N-dealkylation sites (N-methyl/N-ethyl adjacent to an activating group) is 1. The van der Waals surface area contributed by atoms with E-state index in [-0.39, 0.29) is 30.7 Å². The number of hydrogen-bond acceptors (Lipinski definition) is 3. The number of amides is 1. The number of halogens is 2. The Morgan fingerprint density at radius 1 is 1.08 bits per heavy atom. The fourth-order valence-electron chi connectivity index (χ4n) is 4.23. The van der Waals surface area contributed by atoms with Crippen LogP contribution in [0.3, 0.4) is 0 Å². The highest BCUT2D eigenvalue weighted by Crippen LogP contribution is 2.30. The van der Waals surface area contributed by atoms with Crippen molar-refractivity contribution in [2.75, 3.05) is 20.1 Å². The average molecular weight is 388 g/mol. The summed E-state index contributed by atoms with van der Waals surface area (Å²) in [6.45, 7) is 2.38. The van der Waals surface area contributed by atoms with E-state index in [4.69, 9.17) is 5.73 Å². The zero-order valence-corrected chi connectivity index (χ0v) is 16.6. The molecular weight excluding hydrogens is 357 g/mol. The Morgan fingerprint density at radius 2 is 1.68 bits per heavy atom. The van der Waals surface area contributed by atoms with E-state index in [1.807, 2.05) is 42.3 Å². The highest BCUT2D eigenvalue weighted by molar-refractivity contribution is 5.85. The smallest absolute Gasteiger partial charge is 0.244 e. The summed E-state index contributed by atoms with van der Waals surface area (Å²) in [6, 6.07) is 9.99. The van der Waals surface area contributed by atoms with Crippen LogP contribution in [-0.4, -0.2) is 47.9 Å². The Labute approximate surface area is 163 Å². The molecule has 3 atom stereocenters. The molecule has 1 aromatic rings. The van der Waals surface area contributed by atoms with Gasteiger partial charge in [0, 0.05) is 19.1 Å². The van der Waals surface area contributed by atoms with E-state index in [2.05, 4.69) is 4.90 Å². The fraction of sp³-hybridized carbons (Fsp3) is 0.632. The van der Waals surface area contributed by atoms with Crippen LogP contribution in [-0.2, 0) is 4.79 Å². The van der Waals surface area contributed by atoms with Crippen molar-refractivity contribution >= 4 is 30.7 Å². The Kier molecular flexibility index (Phi) is 9.22. The summed E-state index contributed by atoms with van der Waals surface area (Å²) in [5.41, 5.74) is 7.14. The molecule has 3 rings (SSSR count). The summed E-state index contributed by atoms with van der Waals surface area (Å²) in [7, 11) is 1.95. The number of benzene rings is 1. The molecule has 0 aromatic heterocycles. The van der Waals surface area contributed by atoms with Gasteiger partial charge in [-0.1, -0.05) is 43.2 Å². The first-order valence-electron chi connectivity index (χ1n) is 8.99. The Hall–Kier alpha value is -0.810. The minimum Gasteiger partial charge on any atom is -0.340 e. The molecular formula is C19H31Cl2N3O. The van der Waals surface area contributed by atoms with Gasteiger partial charge in [-0.15, -0.1) is 24.8 Å². The maximum absolute atomic E-state index is 12.9. The lowest BCUT2D eigenvalue weighted by Gasteiger charge is -2.43. The molecule has 1 aliphatic heterocycles. The standard InChI is InChI=1S/C19H29N3O.2ClH/c1-21(19(23)18(20)15-9-3-2-4-10-15)16-11-5-6-12-17(16)22-13-7-8-14-22;;/h2-4,9-10,16-18H,5-8,11-14,20H2,1H3;2*1H/t16-,17-,18+;;/m1../s1. The van der Waals surface area contributed by atoms with E-state index < -0.39 is 6.04 Å². The van der Waals surface area contributed by atoms with Gasteiger partial charge >= 0.3 is 0 Å². The molecule has 6 heteroatoms. The molecule has 0 spiro atoms. The van der Waals surface area contributed by atoms with Crippen LogP contribution in [0.1, 0.15) is 50.1 Å². The third kappa shape index (κ3) is 5.10. The molecule has 1 saturated carbocycles. The summed E-state index contributed by atoms with van der Waals surface area (Å²) in [5.74, 6) is 0.0484. The van der Waals surface area contributed by atoms with Gasteiger partial charge in [0.1, 0.15) is 6.04 Å². The number of carbonyl (C=O) groups excluding carboxylic acids is 1. The van der Waals surface area contributed by atoms with E-state index in [0.29, 0.717) is 12.1 Å². The monoisotopic (exact) mass is 387 g/mol.